The topological polar surface area (TPSA) is 6.48 Å². The zero-order valence-electron chi connectivity index (χ0n) is 27.8. The molecule has 2 nitrogen and oxygen atoms in total. The van der Waals surface area contributed by atoms with Crippen molar-refractivity contribution in [1.29, 1.82) is 0 Å². The lowest BCUT2D eigenvalue weighted by Crippen LogP contribution is -2.33. The Kier molecular flexibility index (Phi) is 8.82. The van der Waals surface area contributed by atoms with Gasteiger partial charge in [0.1, 0.15) is 11.6 Å². The Balaban J connectivity index is 1.21. The van der Waals surface area contributed by atoms with Crippen molar-refractivity contribution < 1.29 is 8.78 Å². The van der Waals surface area contributed by atoms with Gasteiger partial charge in [-0.3, -0.25) is 0 Å². The van der Waals surface area contributed by atoms with Crippen LogP contribution in [0.25, 0.3) is 32.7 Å². The maximum atomic E-state index is 14.0. The molecule has 0 saturated heterocycles. The molecule has 0 amide bonds. The number of anilines is 4. The van der Waals surface area contributed by atoms with Crippen molar-refractivity contribution in [1.82, 2.24) is 0 Å². The van der Waals surface area contributed by atoms with Crippen molar-refractivity contribution in [2.45, 2.75) is 30.2 Å². The fourth-order valence-electron chi connectivity index (χ4n) is 7.05. The Morgan fingerprint density at radius 1 is 0.620 bits per heavy atom. The molecule has 246 valence electrons. The van der Waals surface area contributed by atoms with Gasteiger partial charge in [0, 0.05) is 33.3 Å². The molecule has 0 radical (unpaired) electrons. The van der Waals surface area contributed by atoms with Crippen molar-refractivity contribution in [2.24, 2.45) is 0 Å². The number of para-hydroxylation sites is 1. The number of hydrogen-bond donors (Lipinski definition) is 0. The first kappa shape index (κ1) is 31.9. The van der Waals surface area contributed by atoms with Crippen LogP contribution in [0, 0.1) is 5.82 Å². The van der Waals surface area contributed by atoms with E-state index in [0.29, 0.717) is 6.42 Å². The summed E-state index contributed by atoms with van der Waals surface area (Å²) < 4.78 is 27.9. The van der Waals surface area contributed by atoms with Crippen LogP contribution >= 0.6 is 11.8 Å². The summed E-state index contributed by atoms with van der Waals surface area (Å²) in [5, 5.41) is 4.60. The lowest BCUT2D eigenvalue weighted by molar-refractivity contribution is 0.628. The normalized spacial score (nSPS) is 15.6. The Labute approximate surface area is 296 Å². The standard InChI is InChI=1S/C45H36F2N2S/c1-50-45-30-32-15-21-43(49(39-10-6-3-7-11-39)41-24-18-37(47)19-25-41)28-35(32)29-44(45)33-13-12-31-14-20-42(27-34(31)26-33)48(38-8-4-2-5-9-38)40-22-16-36(46)17-23-40/h2,4-6,8-24,26-30,41H,3,7,25H2,1H3. The monoisotopic (exact) mass is 674 g/mol. The maximum Gasteiger partial charge on any atom is 0.123 e. The second-order valence-electron chi connectivity index (χ2n) is 12.7. The molecule has 8 rings (SSSR count). The van der Waals surface area contributed by atoms with Gasteiger partial charge in [0.25, 0.3) is 0 Å². The molecule has 6 aromatic rings. The molecule has 0 aliphatic heterocycles. The second-order valence-corrected chi connectivity index (χ2v) is 13.6. The van der Waals surface area contributed by atoms with E-state index in [4.69, 9.17) is 0 Å². The highest BCUT2D eigenvalue weighted by molar-refractivity contribution is 7.98. The zero-order chi connectivity index (χ0) is 34.0. The van der Waals surface area contributed by atoms with Gasteiger partial charge in [0.2, 0.25) is 0 Å². The van der Waals surface area contributed by atoms with Gasteiger partial charge in [0.15, 0.2) is 0 Å². The van der Waals surface area contributed by atoms with Crippen LogP contribution in [-0.4, -0.2) is 12.3 Å². The predicted molar refractivity (Wildman–Crippen MR) is 209 cm³/mol. The van der Waals surface area contributed by atoms with Gasteiger partial charge in [0.05, 0.1) is 6.04 Å². The average molecular weight is 675 g/mol. The van der Waals surface area contributed by atoms with Crippen molar-refractivity contribution in [3.8, 4) is 11.1 Å². The SMILES string of the molecule is CSc1cc2ccc(N(C3=CCCC=C3)C3C=CC(F)=CC3)cc2cc1-c1ccc2ccc(N(c3ccccc3)c3ccc(F)cc3)cc2c1. The van der Waals surface area contributed by atoms with E-state index in [2.05, 4.69) is 113 Å². The third-order valence-corrected chi connectivity index (χ3v) is 10.3. The van der Waals surface area contributed by atoms with E-state index >= 15 is 0 Å². The lowest BCUT2D eigenvalue weighted by Gasteiger charge is -2.34. The molecule has 5 heteroatoms. The summed E-state index contributed by atoms with van der Waals surface area (Å²) in [6.45, 7) is 0. The number of nitrogens with zero attached hydrogens (tertiary/aromatic N) is 2. The predicted octanol–water partition coefficient (Wildman–Crippen LogP) is 13.2. The van der Waals surface area contributed by atoms with Crippen molar-refractivity contribution in [2.75, 3.05) is 16.1 Å². The van der Waals surface area contributed by atoms with Gasteiger partial charge < -0.3 is 9.80 Å². The van der Waals surface area contributed by atoms with Crippen molar-refractivity contribution in [3.05, 3.63) is 175 Å². The lowest BCUT2D eigenvalue weighted by atomic mass is 9.97. The Hall–Kier alpha value is -5.39. The average Bonchev–Trinajstić information content (AvgIpc) is 3.16. The summed E-state index contributed by atoms with van der Waals surface area (Å²) in [6, 6.07) is 41.3. The van der Waals surface area contributed by atoms with E-state index in [1.165, 1.54) is 28.0 Å². The van der Waals surface area contributed by atoms with Crippen LogP contribution in [0.15, 0.2) is 174 Å². The van der Waals surface area contributed by atoms with Crippen molar-refractivity contribution >= 4 is 56.1 Å². The van der Waals surface area contributed by atoms with Crippen LogP contribution in [0.3, 0.4) is 0 Å². The van der Waals surface area contributed by atoms with E-state index in [1.54, 1.807) is 23.9 Å². The summed E-state index contributed by atoms with van der Waals surface area (Å²) in [5.41, 5.74) is 7.46. The number of fused-ring (bicyclic) bond motifs is 2. The molecule has 6 aromatic carbocycles. The molecule has 1 unspecified atom stereocenters. The first-order chi connectivity index (χ1) is 24.5. The summed E-state index contributed by atoms with van der Waals surface area (Å²) in [5.74, 6) is -0.432. The Bertz CT molecular complexity index is 2320. The molecule has 0 bridgehead atoms. The van der Waals surface area contributed by atoms with Crippen LogP contribution in [0.5, 0.6) is 0 Å². The van der Waals surface area contributed by atoms with Crippen LogP contribution in [0.4, 0.5) is 31.5 Å². The van der Waals surface area contributed by atoms with E-state index in [-0.39, 0.29) is 17.7 Å². The summed E-state index contributed by atoms with van der Waals surface area (Å²) in [6.07, 6.45) is 16.7. The van der Waals surface area contributed by atoms with E-state index in [0.717, 1.165) is 63.0 Å². The molecule has 0 aromatic heterocycles. The molecule has 2 aliphatic rings. The van der Waals surface area contributed by atoms with Gasteiger partial charge in [-0.05, 0) is 155 Å². The summed E-state index contributed by atoms with van der Waals surface area (Å²) in [4.78, 5) is 5.71. The fraction of sp³-hybridized carbons (Fsp3) is 0.111. The highest BCUT2D eigenvalue weighted by Gasteiger charge is 2.22. The Morgan fingerprint density at radius 3 is 2.10 bits per heavy atom. The molecule has 50 heavy (non-hydrogen) atoms. The van der Waals surface area contributed by atoms with Gasteiger partial charge >= 0.3 is 0 Å². The summed E-state index contributed by atoms with van der Waals surface area (Å²) in [7, 11) is 0. The van der Waals surface area contributed by atoms with Gasteiger partial charge in [-0.15, -0.1) is 11.8 Å². The first-order valence-electron chi connectivity index (χ1n) is 17.0. The third-order valence-electron chi connectivity index (χ3n) is 9.53. The molecule has 0 N–H and O–H groups in total. The zero-order valence-corrected chi connectivity index (χ0v) is 28.6. The molecular formula is C45H36F2N2S. The van der Waals surface area contributed by atoms with E-state index in [9.17, 15) is 8.78 Å². The molecular weight excluding hydrogens is 639 g/mol. The van der Waals surface area contributed by atoms with Crippen molar-refractivity contribution in [3.63, 3.8) is 0 Å². The number of rotatable bonds is 8. The highest BCUT2D eigenvalue weighted by atomic mass is 32.2. The third kappa shape index (κ3) is 6.37. The van der Waals surface area contributed by atoms with Gasteiger partial charge in [-0.25, -0.2) is 8.78 Å². The number of halogens is 2. The molecule has 2 aliphatic carbocycles. The van der Waals surface area contributed by atoms with Crippen LogP contribution in [-0.2, 0) is 0 Å². The minimum absolute atomic E-state index is 0.0333. The number of benzene rings is 6. The molecule has 0 heterocycles. The van der Waals surface area contributed by atoms with Gasteiger partial charge in [-0.2, -0.15) is 0 Å². The van der Waals surface area contributed by atoms with E-state index in [1.807, 2.05) is 36.4 Å². The number of hydrogen-bond acceptors (Lipinski definition) is 3. The largest absolute Gasteiger partial charge is 0.334 e. The quantitative estimate of drug-likeness (QED) is 0.148. The van der Waals surface area contributed by atoms with Crippen LogP contribution in [0.2, 0.25) is 0 Å². The molecule has 0 saturated carbocycles. The molecule has 0 spiro atoms. The molecule has 0 fully saturated rings. The van der Waals surface area contributed by atoms with Gasteiger partial charge in [-0.1, -0.05) is 60.7 Å². The molecule has 1 atom stereocenters. The first-order valence-corrected chi connectivity index (χ1v) is 18.2. The summed E-state index contributed by atoms with van der Waals surface area (Å²) >= 11 is 1.75. The minimum atomic E-state index is -0.258. The maximum absolute atomic E-state index is 14.0. The van der Waals surface area contributed by atoms with E-state index < -0.39 is 0 Å². The minimum Gasteiger partial charge on any atom is -0.334 e. The Morgan fingerprint density at radius 2 is 1.34 bits per heavy atom. The smallest absolute Gasteiger partial charge is 0.123 e. The number of thioether (sulfide) groups is 1. The fourth-order valence-corrected chi connectivity index (χ4v) is 7.69. The highest BCUT2D eigenvalue weighted by Crippen LogP contribution is 2.40. The van der Waals surface area contributed by atoms with Crippen LogP contribution in [0.1, 0.15) is 19.3 Å². The second kappa shape index (κ2) is 13.9. The number of allylic oxidation sites excluding steroid dienone is 5. The van der Waals surface area contributed by atoms with Crippen LogP contribution < -0.4 is 9.80 Å².